The molecule has 7 nitrogen and oxygen atoms in total. The third-order valence-corrected chi connectivity index (χ3v) is 4.33. The van der Waals surface area contributed by atoms with E-state index in [4.69, 9.17) is 0 Å². The maximum atomic E-state index is 12.8. The molecule has 0 unspecified atom stereocenters. The van der Waals surface area contributed by atoms with Gasteiger partial charge in [0.15, 0.2) is 0 Å². The number of aryl methyl sites for hydroxylation is 1. The number of fused-ring (bicyclic) bond motifs is 1. The van der Waals surface area contributed by atoms with Gasteiger partial charge < -0.3 is 9.80 Å². The lowest BCUT2D eigenvalue weighted by molar-refractivity contribution is -0.136. The molecule has 1 aliphatic heterocycles. The fourth-order valence-corrected chi connectivity index (χ4v) is 3.17. The zero-order chi connectivity index (χ0) is 17.3. The van der Waals surface area contributed by atoms with Crippen molar-refractivity contribution in [3.05, 3.63) is 35.5 Å². The number of amides is 1. The van der Waals surface area contributed by atoms with E-state index in [-0.39, 0.29) is 11.8 Å². The molecule has 3 heterocycles. The molecule has 0 spiro atoms. The summed E-state index contributed by atoms with van der Waals surface area (Å²) < 4.78 is 1.80. The molecule has 0 radical (unpaired) electrons. The van der Waals surface area contributed by atoms with Gasteiger partial charge in [0, 0.05) is 38.6 Å². The van der Waals surface area contributed by atoms with Gasteiger partial charge in [0.1, 0.15) is 11.6 Å². The first-order valence-corrected chi connectivity index (χ1v) is 8.25. The van der Waals surface area contributed by atoms with Gasteiger partial charge in [-0.3, -0.25) is 9.48 Å². The van der Waals surface area contributed by atoms with Crippen molar-refractivity contribution in [3.8, 4) is 0 Å². The second-order valence-corrected chi connectivity index (χ2v) is 6.55. The molecule has 3 rings (SSSR count). The number of hydrogen-bond donors (Lipinski definition) is 0. The minimum atomic E-state index is -0.109. The Morgan fingerprint density at radius 2 is 2.17 bits per heavy atom. The van der Waals surface area contributed by atoms with Gasteiger partial charge in [0.2, 0.25) is 5.91 Å². The Morgan fingerprint density at radius 1 is 1.38 bits per heavy atom. The molecular formula is C17H24N6O. The Bertz CT molecular complexity index is 725. The summed E-state index contributed by atoms with van der Waals surface area (Å²) in [6, 6.07) is 1.87. The summed E-state index contributed by atoms with van der Waals surface area (Å²) in [7, 11) is 3.98. The summed E-state index contributed by atoms with van der Waals surface area (Å²) in [5, 5.41) is 4.18. The lowest BCUT2D eigenvalue weighted by Crippen LogP contribution is -2.41. The maximum absolute atomic E-state index is 12.8. The van der Waals surface area contributed by atoms with Gasteiger partial charge in [-0.25, -0.2) is 9.97 Å². The Hall–Kier alpha value is -2.44. The van der Waals surface area contributed by atoms with Crippen LogP contribution in [0.3, 0.4) is 0 Å². The average Bonchev–Trinajstić information content (AvgIpc) is 3.05. The third kappa shape index (κ3) is 3.25. The van der Waals surface area contributed by atoms with Gasteiger partial charge in [-0.05, 0) is 19.4 Å². The fraction of sp³-hybridized carbons (Fsp3) is 0.529. The van der Waals surface area contributed by atoms with Crippen LogP contribution in [-0.2, 0) is 24.3 Å². The molecule has 24 heavy (non-hydrogen) atoms. The highest BCUT2D eigenvalue weighted by Crippen LogP contribution is 2.26. The van der Waals surface area contributed by atoms with Crippen LogP contribution in [0.4, 0.5) is 5.82 Å². The van der Waals surface area contributed by atoms with Gasteiger partial charge in [-0.2, -0.15) is 5.10 Å². The minimum Gasteiger partial charge on any atom is -0.362 e. The molecule has 0 bridgehead atoms. The lowest BCUT2D eigenvalue weighted by Gasteiger charge is -2.32. The molecule has 2 aromatic rings. The topological polar surface area (TPSA) is 67.2 Å². The Morgan fingerprint density at radius 3 is 2.83 bits per heavy atom. The zero-order valence-electron chi connectivity index (χ0n) is 14.7. The summed E-state index contributed by atoms with van der Waals surface area (Å²) in [6.07, 6.45) is 4.41. The quantitative estimate of drug-likeness (QED) is 0.845. The molecule has 1 aliphatic rings. The van der Waals surface area contributed by atoms with E-state index in [9.17, 15) is 4.79 Å². The number of nitrogens with zero attached hydrogens (tertiary/aromatic N) is 6. The van der Waals surface area contributed by atoms with E-state index in [0.717, 1.165) is 29.3 Å². The number of anilines is 1. The molecule has 0 fully saturated rings. The van der Waals surface area contributed by atoms with Crippen LogP contribution in [0.2, 0.25) is 0 Å². The van der Waals surface area contributed by atoms with Crippen LogP contribution >= 0.6 is 0 Å². The van der Waals surface area contributed by atoms with Crippen LogP contribution in [0.5, 0.6) is 0 Å². The van der Waals surface area contributed by atoms with Crippen molar-refractivity contribution in [2.45, 2.75) is 33.4 Å². The summed E-state index contributed by atoms with van der Waals surface area (Å²) in [5.41, 5.74) is 2.13. The molecule has 0 N–H and O–H groups in total. The normalized spacial score (nSPS) is 15.1. The van der Waals surface area contributed by atoms with Crippen molar-refractivity contribution in [2.24, 2.45) is 5.92 Å². The van der Waals surface area contributed by atoms with E-state index in [1.807, 2.05) is 50.0 Å². The second-order valence-electron chi connectivity index (χ2n) is 6.55. The van der Waals surface area contributed by atoms with Crippen LogP contribution in [0, 0.1) is 12.8 Å². The molecule has 1 atom stereocenters. The molecule has 0 saturated carbocycles. The maximum Gasteiger partial charge on any atom is 0.227 e. The molecule has 0 aliphatic carbocycles. The van der Waals surface area contributed by atoms with Crippen LogP contribution in [0.25, 0.3) is 0 Å². The summed E-state index contributed by atoms with van der Waals surface area (Å²) >= 11 is 0. The SMILES string of the molecule is Cc1nc2c(c(N(C)C)n1)CCN(C(=O)[C@@H](C)Cn1cccn1)C2. The predicted molar refractivity (Wildman–Crippen MR) is 91.6 cm³/mol. The minimum absolute atomic E-state index is 0.109. The van der Waals surface area contributed by atoms with E-state index in [0.29, 0.717) is 19.6 Å². The summed E-state index contributed by atoms with van der Waals surface area (Å²) in [6.45, 7) is 5.72. The van der Waals surface area contributed by atoms with Crippen LogP contribution in [0.15, 0.2) is 18.5 Å². The monoisotopic (exact) mass is 328 g/mol. The van der Waals surface area contributed by atoms with Crippen LogP contribution in [0.1, 0.15) is 24.0 Å². The number of carbonyl (C=O) groups is 1. The van der Waals surface area contributed by atoms with E-state index >= 15 is 0 Å². The van der Waals surface area contributed by atoms with Crippen molar-refractivity contribution in [1.29, 1.82) is 0 Å². The molecule has 7 heteroatoms. The second kappa shape index (κ2) is 6.59. The van der Waals surface area contributed by atoms with Gasteiger partial charge in [0.05, 0.1) is 24.7 Å². The van der Waals surface area contributed by atoms with E-state index in [1.165, 1.54) is 0 Å². The van der Waals surface area contributed by atoms with Gasteiger partial charge in [-0.15, -0.1) is 0 Å². The molecular weight excluding hydrogens is 304 g/mol. The summed E-state index contributed by atoms with van der Waals surface area (Å²) in [4.78, 5) is 25.8. The highest BCUT2D eigenvalue weighted by molar-refractivity contribution is 5.78. The van der Waals surface area contributed by atoms with Crippen molar-refractivity contribution in [3.63, 3.8) is 0 Å². The number of aromatic nitrogens is 4. The first kappa shape index (κ1) is 16.4. The van der Waals surface area contributed by atoms with E-state index < -0.39 is 0 Å². The third-order valence-electron chi connectivity index (χ3n) is 4.33. The van der Waals surface area contributed by atoms with Crippen molar-refractivity contribution < 1.29 is 4.79 Å². The largest absolute Gasteiger partial charge is 0.362 e. The van der Waals surface area contributed by atoms with Crippen molar-refractivity contribution in [2.75, 3.05) is 25.5 Å². The van der Waals surface area contributed by atoms with Gasteiger partial charge in [-0.1, -0.05) is 6.92 Å². The molecule has 2 aromatic heterocycles. The first-order valence-electron chi connectivity index (χ1n) is 8.25. The predicted octanol–water partition coefficient (Wildman–Crippen LogP) is 1.27. The molecule has 0 aromatic carbocycles. The Labute approximate surface area is 142 Å². The molecule has 1 amide bonds. The number of rotatable bonds is 4. The molecule has 0 saturated heterocycles. The highest BCUT2D eigenvalue weighted by Gasteiger charge is 2.28. The average molecular weight is 328 g/mol. The van der Waals surface area contributed by atoms with E-state index in [1.54, 1.807) is 10.9 Å². The van der Waals surface area contributed by atoms with Crippen LogP contribution < -0.4 is 4.90 Å². The standard InChI is InChI=1S/C17H24N6O/c1-12(10-23-8-5-7-18-23)17(24)22-9-6-14-15(11-22)19-13(2)20-16(14)21(3)4/h5,7-8,12H,6,9-11H2,1-4H3/t12-/m0/s1. The molecule has 128 valence electrons. The number of hydrogen-bond acceptors (Lipinski definition) is 5. The lowest BCUT2D eigenvalue weighted by atomic mass is 10.0. The van der Waals surface area contributed by atoms with E-state index in [2.05, 4.69) is 15.1 Å². The van der Waals surface area contributed by atoms with Gasteiger partial charge in [0.25, 0.3) is 0 Å². The van der Waals surface area contributed by atoms with Crippen molar-refractivity contribution in [1.82, 2.24) is 24.6 Å². The number of carbonyl (C=O) groups excluding carboxylic acids is 1. The zero-order valence-corrected chi connectivity index (χ0v) is 14.7. The highest BCUT2D eigenvalue weighted by atomic mass is 16.2. The Balaban J connectivity index is 1.76. The van der Waals surface area contributed by atoms with Crippen molar-refractivity contribution >= 4 is 11.7 Å². The summed E-state index contributed by atoms with van der Waals surface area (Å²) in [5.74, 6) is 1.76. The van der Waals surface area contributed by atoms with Crippen LogP contribution in [-0.4, -0.2) is 51.2 Å². The Kier molecular flexibility index (Phi) is 4.51. The fourth-order valence-electron chi connectivity index (χ4n) is 3.17. The first-order chi connectivity index (χ1) is 11.5. The smallest absolute Gasteiger partial charge is 0.227 e. The van der Waals surface area contributed by atoms with Gasteiger partial charge >= 0.3 is 0 Å².